The van der Waals surface area contributed by atoms with Gasteiger partial charge >= 0.3 is 11.9 Å². The number of aliphatic carboxylic acids is 1. The maximum Gasteiger partial charge on any atom is 0.305 e. The first-order valence-electron chi connectivity index (χ1n) is 15.5. The quantitative estimate of drug-likeness (QED) is 0.195. The van der Waals surface area contributed by atoms with Crippen LogP contribution in [0, 0.1) is 13.8 Å². The Morgan fingerprint density at radius 2 is 1.36 bits per heavy atom. The van der Waals surface area contributed by atoms with E-state index in [1.54, 1.807) is 0 Å². The highest BCUT2D eigenvalue weighted by Crippen LogP contribution is 2.35. The molecular formula is C35H44N4O6. The van der Waals surface area contributed by atoms with Crippen LogP contribution in [0.5, 0.6) is 0 Å². The van der Waals surface area contributed by atoms with Crippen molar-refractivity contribution >= 4 is 35.9 Å². The molecule has 2 aliphatic rings. The Morgan fingerprint density at radius 1 is 0.844 bits per heavy atom. The van der Waals surface area contributed by atoms with Crippen molar-refractivity contribution in [3.63, 3.8) is 0 Å². The molecule has 10 nitrogen and oxygen atoms in total. The standard InChI is InChI=1S/C35H44N4O6/c1-9-22-19(5)34(43)38-27(22)14-25-18(4)24(11-12-32(42)45-8)29(36-25)16-30-33(17(3)13-31(40)41)21(7)26(37-30)15-28-23(10-2)20(6)35(44)39-28/h14-15,17,36-37H,9-13,16H2,1-8H3,(H,38,43)(H,39,44)(H,40,41)/b27-14-,28-15-/t17-/m1/s1. The van der Waals surface area contributed by atoms with Gasteiger partial charge in [0, 0.05) is 58.2 Å². The largest absolute Gasteiger partial charge is 0.481 e. The number of amides is 2. The summed E-state index contributed by atoms with van der Waals surface area (Å²) < 4.78 is 4.92. The van der Waals surface area contributed by atoms with E-state index in [9.17, 15) is 24.3 Å². The lowest BCUT2D eigenvalue weighted by molar-refractivity contribution is -0.140. The van der Waals surface area contributed by atoms with E-state index in [-0.39, 0.29) is 36.5 Å². The van der Waals surface area contributed by atoms with E-state index < -0.39 is 5.97 Å². The van der Waals surface area contributed by atoms with Crippen molar-refractivity contribution in [2.45, 2.75) is 92.9 Å². The molecule has 5 N–H and O–H groups in total. The molecule has 0 unspecified atom stereocenters. The molecule has 0 aromatic carbocycles. The number of ether oxygens (including phenoxy) is 1. The van der Waals surface area contributed by atoms with Crippen LogP contribution in [-0.2, 0) is 36.8 Å². The molecule has 4 heterocycles. The van der Waals surface area contributed by atoms with E-state index in [0.717, 1.165) is 67.6 Å². The summed E-state index contributed by atoms with van der Waals surface area (Å²) in [7, 11) is 1.37. The van der Waals surface area contributed by atoms with E-state index in [1.807, 2.05) is 60.6 Å². The van der Waals surface area contributed by atoms with Crippen molar-refractivity contribution in [1.29, 1.82) is 0 Å². The Hall–Kier alpha value is -4.60. The first-order valence-corrected chi connectivity index (χ1v) is 15.5. The molecule has 0 bridgehead atoms. The number of allylic oxidation sites excluding steroid dienone is 2. The molecule has 0 saturated heterocycles. The van der Waals surface area contributed by atoms with Crippen molar-refractivity contribution in [1.82, 2.24) is 20.6 Å². The Labute approximate surface area is 264 Å². The van der Waals surface area contributed by atoms with Crippen molar-refractivity contribution in [3.8, 4) is 0 Å². The van der Waals surface area contributed by atoms with Crippen molar-refractivity contribution in [2.24, 2.45) is 0 Å². The smallest absolute Gasteiger partial charge is 0.305 e. The van der Waals surface area contributed by atoms with Gasteiger partial charge in [-0.25, -0.2) is 0 Å². The third-order valence-corrected chi connectivity index (χ3v) is 9.08. The van der Waals surface area contributed by atoms with Gasteiger partial charge in [0.2, 0.25) is 0 Å². The summed E-state index contributed by atoms with van der Waals surface area (Å²) in [6.07, 6.45) is 6.31. The lowest BCUT2D eigenvalue weighted by Gasteiger charge is -2.13. The van der Waals surface area contributed by atoms with Crippen molar-refractivity contribution in [2.75, 3.05) is 7.11 Å². The molecule has 45 heavy (non-hydrogen) atoms. The van der Waals surface area contributed by atoms with Gasteiger partial charge in [-0.05, 0) is 98.4 Å². The zero-order valence-corrected chi connectivity index (χ0v) is 27.5. The molecule has 1 atom stereocenters. The van der Waals surface area contributed by atoms with E-state index in [4.69, 9.17) is 4.74 Å². The van der Waals surface area contributed by atoms with Crippen LogP contribution in [0.1, 0.15) is 111 Å². The fraction of sp³-hybridized carbons (Fsp3) is 0.429. The highest BCUT2D eigenvalue weighted by Gasteiger charge is 2.27. The lowest BCUT2D eigenvalue weighted by atomic mass is 9.91. The summed E-state index contributed by atoms with van der Waals surface area (Å²) >= 11 is 0. The number of hydrogen-bond acceptors (Lipinski definition) is 5. The highest BCUT2D eigenvalue weighted by atomic mass is 16.5. The van der Waals surface area contributed by atoms with Gasteiger partial charge in [0.25, 0.3) is 11.8 Å². The average Bonchev–Trinajstić information content (AvgIpc) is 3.63. The molecule has 0 aliphatic carbocycles. The topological polar surface area (TPSA) is 153 Å². The monoisotopic (exact) mass is 616 g/mol. The van der Waals surface area contributed by atoms with E-state index in [1.165, 1.54) is 7.11 Å². The number of esters is 1. The van der Waals surface area contributed by atoms with Crippen LogP contribution >= 0.6 is 0 Å². The summed E-state index contributed by atoms with van der Waals surface area (Å²) in [5.41, 5.74) is 11.9. The van der Waals surface area contributed by atoms with Crippen molar-refractivity contribution in [3.05, 3.63) is 78.7 Å². The average molecular weight is 617 g/mol. The fourth-order valence-corrected chi connectivity index (χ4v) is 6.58. The minimum absolute atomic E-state index is 0.0425. The summed E-state index contributed by atoms with van der Waals surface area (Å²) in [5.74, 6) is -1.71. The maximum absolute atomic E-state index is 12.4. The first kappa shape index (κ1) is 33.3. The number of aromatic amines is 2. The van der Waals surface area contributed by atoms with Crippen LogP contribution < -0.4 is 10.6 Å². The maximum atomic E-state index is 12.4. The zero-order valence-electron chi connectivity index (χ0n) is 27.5. The number of nitrogens with one attached hydrogen (secondary N) is 4. The van der Waals surface area contributed by atoms with Gasteiger partial charge in [0.15, 0.2) is 0 Å². The molecule has 2 aliphatic heterocycles. The van der Waals surface area contributed by atoms with Crippen LogP contribution in [0.3, 0.4) is 0 Å². The van der Waals surface area contributed by atoms with E-state index in [2.05, 4.69) is 20.6 Å². The first-order chi connectivity index (χ1) is 21.3. The van der Waals surface area contributed by atoms with Gasteiger partial charge in [-0.1, -0.05) is 20.8 Å². The Morgan fingerprint density at radius 3 is 1.84 bits per heavy atom. The Balaban J connectivity index is 1.84. The number of carboxylic acid groups (broad SMARTS) is 1. The summed E-state index contributed by atoms with van der Waals surface area (Å²) in [4.78, 5) is 55.9. The molecule has 2 amide bonds. The predicted molar refractivity (Wildman–Crippen MR) is 173 cm³/mol. The van der Waals surface area contributed by atoms with Gasteiger partial charge in [0.1, 0.15) is 0 Å². The number of H-pyrrole nitrogens is 2. The van der Waals surface area contributed by atoms with E-state index >= 15 is 0 Å². The third kappa shape index (κ3) is 6.74. The summed E-state index contributed by atoms with van der Waals surface area (Å²) in [6, 6.07) is 0. The van der Waals surface area contributed by atoms with E-state index in [0.29, 0.717) is 36.8 Å². The minimum atomic E-state index is -0.888. The SMILES string of the molecule is CCC1=C(C)C(=O)N/C1=C\c1[nH]c(Cc2[nH]c(/C=C3\NC(=O)C(C)=C3CC)c(C)c2[C@H](C)CC(=O)O)c(CCC(=O)OC)c1C. The second-order valence-electron chi connectivity index (χ2n) is 11.9. The molecule has 4 rings (SSSR count). The van der Waals surface area contributed by atoms with Crippen LogP contribution in [-0.4, -0.2) is 45.9 Å². The van der Waals surface area contributed by atoms with Gasteiger partial charge in [-0.3, -0.25) is 19.2 Å². The molecule has 0 fully saturated rings. The molecule has 0 spiro atoms. The molecule has 0 saturated carbocycles. The molecule has 2 aromatic rings. The second kappa shape index (κ2) is 13.6. The number of methoxy groups -OCH3 is 1. The van der Waals surface area contributed by atoms with Crippen LogP contribution in [0.4, 0.5) is 0 Å². The van der Waals surface area contributed by atoms with Gasteiger partial charge in [-0.2, -0.15) is 0 Å². The van der Waals surface area contributed by atoms with Gasteiger partial charge in [0.05, 0.1) is 13.5 Å². The van der Waals surface area contributed by atoms with Crippen LogP contribution in [0.25, 0.3) is 12.2 Å². The van der Waals surface area contributed by atoms with Crippen LogP contribution in [0.15, 0.2) is 33.7 Å². The number of carbonyl (C=O) groups is 4. The summed E-state index contributed by atoms with van der Waals surface area (Å²) in [5, 5.41) is 15.6. The van der Waals surface area contributed by atoms with Gasteiger partial charge in [-0.15, -0.1) is 0 Å². The van der Waals surface area contributed by atoms with Crippen molar-refractivity contribution < 1.29 is 29.0 Å². The number of aromatic nitrogens is 2. The zero-order chi connectivity index (χ0) is 33.2. The number of carboxylic acids is 1. The predicted octanol–water partition coefficient (Wildman–Crippen LogP) is 5.63. The molecular weight excluding hydrogens is 572 g/mol. The molecule has 10 heteroatoms. The number of carbonyl (C=O) groups excluding carboxylic acids is 3. The summed E-state index contributed by atoms with van der Waals surface area (Å²) in [6.45, 7) is 13.5. The number of hydrogen-bond donors (Lipinski definition) is 5. The second-order valence-corrected chi connectivity index (χ2v) is 11.9. The van der Waals surface area contributed by atoms with Gasteiger partial charge < -0.3 is 30.4 Å². The highest BCUT2D eigenvalue weighted by molar-refractivity contribution is 6.01. The fourth-order valence-electron chi connectivity index (χ4n) is 6.58. The molecule has 0 radical (unpaired) electrons. The Bertz CT molecular complexity index is 1690. The third-order valence-electron chi connectivity index (χ3n) is 9.08. The lowest BCUT2D eigenvalue weighted by Crippen LogP contribution is -2.15. The normalized spacial score (nSPS) is 17.5. The molecule has 2 aromatic heterocycles. The molecule has 240 valence electrons. The number of rotatable bonds is 12. The Kier molecular flexibility index (Phi) is 10.1. The minimum Gasteiger partial charge on any atom is -0.481 e. The van der Waals surface area contributed by atoms with Crippen LogP contribution in [0.2, 0.25) is 0 Å².